The van der Waals surface area contributed by atoms with E-state index in [0.29, 0.717) is 25.7 Å². The van der Waals surface area contributed by atoms with Crippen molar-refractivity contribution in [2.45, 2.75) is 24.4 Å². The van der Waals surface area contributed by atoms with Crippen LogP contribution in [0.4, 0.5) is 13.2 Å². The van der Waals surface area contributed by atoms with Crippen molar-refractivity contribution in [2.24, 2.45) is 0 Å². The number of alkyl halides is 3. The number of halogens is 4. The first-order chi connectivity index (χ1) is 9.68. The van der Waals surface area contributed by atoms with Gasteiger partial charge in [-0.2, -0.15) is 13.2 Å². The second-order valence-electron chi connectivity index (χ2n) is 4.09. The zero-order valence-corrected chi connectivity index (χ0v) is 12.8. The van der Waals surface area contributed by atoms with Gasteiger partial charge in [0.2, 0.25) is 10.0 Å². The predicted molar refractivity (Wildman–Crippen MR) is 72.8 cm³/mol. The molecule has 1 aromatic rings. The van der Waals surface area contributed by atoms with Gasteiger partial charge in [-0.15, -0.1) is 0 Å². The van der Waals surface area contributed by atoms with Crippen molar-refractivity contribution < 1.29 is 26.3 Å². The number of nitrogens with one attached hydrogen (secondary N) is 1. The number of rotatable bonds is 7. The molecule has 0 aliphatic heterocycles. The summed E-state index contributed by atoms with van der Waals surface area (Å²) in [5.74, 6) is 0. The second-order valence-corrected chi connectivity index (χ2v) is 6.23. The first kappa shape index (κ1) is 18.2. The van der Waals surface area contributed by atoms with E-state index in [-0.39, 0.29) is 11.6 Å². The number of hydrogen-bond donors (Lipinski definition) is 1. The summed E-state index contributed by atoms with van der Waals surface area (Å²) in [4.78, 5) is -0.588. The van der Waals surface area contributed by atoms with Gasteiger partial charge in [-0.1, -0.05) is 11.6 Å². The molecule has 9 heteroatoms. The van der Waals surface area contributed by atoms with Gasteiger partial charge in [0.15, 0.2) is 0 Å². The van der Waals surface area contributed by atoms with E-state index >= 15 is 0 Å². The molecule has 1 rings (SSSR count). The van der Waals surface area contributed by atoms with E-state index < -0.39 is 26.7 Å². The van der Waals surface area contributed by atoms with Crippen molar-refractivity contribution in [3.63, 3.8) is 0 Å². The van der Waals surface area contributed by atoms with Gasteiger partial charge in [-0.25, -0.2) is 13.1 Å². The summed E-state index contributed by atoms with van der Waals surface area (Å²) < 4.78 is 69.0. The van der Waals surface area contributed by atoms with Gasteiger partial charge in [-0.3, -0.25) is 0 Å². The van der Waals surface area contributed by atoms with Crippen molar-refractivity contribution in [3.05, 3.63) is 28.8 Å². The lowest BCUT2D eigenvalue weighted by Gasteiger charge is -2.12. The summed E-state index contributed by atoms with van der Waals surface area (Å²) in [5.41, 5.74) is -1.07. The number of sulfonamides is 1. The van der Waals surface area contributed by atoms with Crippen LogP contribution in [-0.2, 0) is 20.9 Å². The Morgan fingerprint density at radius 1 is 1.33 bits per heavy atom. The molecule has 0 bridgehead atoms. The Bertz CT molecular complexity index is 576. The van der Waals surface area contributed by atoms with Crippen molar-refractivity contribution in [2.75, 3.05) is 19.8 Å². The smallest absolute Gasteiger partial charge is 0.382 e. The van der Waals surface area contributed by atoms with E-state index in [2.05, 4.69) is 4.72 Å². The second kappa shape index (κ2) is 7.44. The lowest BCUT2D eigenvalue weighted by Crippen LogP contribution is -2.26. The molecule has 1 aromatic carbocycles. The van der Waals surface area contributed by atoms with E-state index in [1.54, 1.807) is 6.92 Å². The minimum absolute atomic E-state index is 0.0505. The molecule has 0 amide bonds. The van der Waals surface area contributed by atoms with Crippen LogP contribution in [0.2, 0.25) is 5.02 Å². The van der Waals surface area contributed by atoms with Crippen LogP contribution in [-0.4, -0.2) is 28.2 Å². The third-order valence-corrected chi connectivity index (χ3v) is 4.45. The molecular weight excluding hydrogens is 331 g/mol. The Kier molecular flexibility index (Phi) is 6.45. The molecule has 0 aliphatic carbocycles. The third-order valence-electron chi connectivity index (χ3n) is 2.51. The molecule has 0 heterocycles. The Morgan fingerprint density at radius 3 is 2.57 bits per heavy atom. The quantitative estimate of drug-likeness (QED) is 0.773. The molecule has 0 unspecified atom stereocenters. The lowest BCUT2D eigenvalue weighted by molar-refractivity contribution is -0.137. The van der Waals surface area contributed by atoms with Crippen LogP contribution >= 0.6 is 11.6 Å². The number of ether oxygens (including phenoxy) is 1. The Balaban J connectivity index is 2.87. The normalized spacial score (nSPS) is 12.6. The first-order valence-electron chi connectivity index (χ1n) is 6.12. The van der Waals surface area contributed by atoms with Crippen LogP contribution < -0.4 is 4.72 Å². The van der Waals surface area contributed by atoms with Crippen molar-refractivity contribution in [1.82, 2.24) is 4.72 Å². The maximum atomic E-state index is 12.6. The van der Waals surface area contributed by atoms with E-state index in [1.165, 1.54) is 0 Å². The minimum Gasteiger partial charge on any atom is -0.382 e. The van der Waals surface area contributed by atoms with Crippen LogP contribution in [0.3, 0.4) is 0 Å². The largest absolute Gasteiger partial charge is 0.416 e. The van der Waals surface area contributed by atoms with Gasteiger partial charge >= 0.3 is 6.18 Å². The Labute approximate surface area is 126 Å². The van der Waals surface area contributed by atoms with E-state index in [0.717, 1.165) is 12.1 Å². The summed E-state index contributed by atoms with van der Waals surface area (Å²) in [6.07, 6.45) is -4.23. The summed E-state index contributed by atoms with van der Waals surface area (Å²) in [7, 11) is -4.10. The summed E-state index contributed by atoms with van der Waals surface area (Å²) in [6.45, 7) is 2.71. The van der Waals surface area contributed by atoms with Crippen molar-refractivity contribution in [1.29, 1.82) is 0 Å². The van der Waals surface area contributed by atoms with Gasteiger partial charge < -0.3 is 4.74 Å². The SMILES string of the molecule is CCOCCCNS(=O)(=O)c1cc(C(F)(F)F)ccc1Cl. The van der Waals surface area contributed by atoms with Gasteiger partial charge in [0.1, 0.15) is 4.90 Å². The van der Waals surface area contributed by atoms with Gasteiger partial charge in [-0.05, 0) is 31.5 Å². The molecule has 21 heavy (non-hydrogen) atoms. The zero-order valence-electron chi connectivity index (χ0n) is 11.2. The van der Waals surface area contributed by atoms with E-state index in [9.17, 15) is 21.6 Å². The molecule has 0 atom stereocenters. The summed E-state index contributed by atoms with van der Waals surface area (Å²) >= 11 is 5.68. The zero-order chi connectivity index (χ0) is 16.1. The molecule has 1 N–H and O–H groups in total. The monoisotopic (exact) mass is 345 g/mol. The molecule has 0 spiro atoms. The van der Waals surface area contributed by atoms with Crippen LogP contribution in [0.15, 0.2) is 23.1 Å². The summed E-state index contributed by atoms with van der Waals surface area (Å²) in [6, 6.07) is 2.17. The molecule has 120 valence electrons. The van der Waals surface area contributed by atoms with Crippen LogP contribution in [0.5, 0.6) is 0 Å². The van der Waals surface area contributed by atoms with Crippen molar-refractivity contribution in [3.8, 4) is 0 Å². The van der Waals surface area contributed by atoms with Gasteiger partial charge in [0.05, 0.1) is 10.6 Å². The molecule has 0 radical (unpaired) electrons. The van der Waals surface area contributed by atoms with E-state index in [1.807, 2.05) is 0 Å². The topological polar surface area (TPSA) is 55.4 Å². The fourth-order valence-electron chi connectivity index (χ4n) is 1.49. The van der Waals surface area contributed by atoms with Gasteiger partial charge in [0, 0.05) is 19.8 Å². The highest BCUT2D eigenvalue weighted by molar-refractivity contribution is 7.89. The van der Waals surface area contributed by atoms with E-state index in [4.69, 9.17) is 16.3 Å². The molecule has 0 saturated heterocycles. The maximum absolute atomic E-state index is 12.6. The van der Waals surface area contributed by atoms with Crippen molar-refractivity contribution >= 4 is 21.6 Å². The highest BCUT2D eigenvalue weighted by atomic mass is 35.5. The average Bonchev–Trinajstić information content (AvgIpc) is 2.37. The highest BCUT2D eigenvalue weighted by Crippen LogP contribution is 2.33. The molecule has 4 nitrogen and oxygen atoms in total. The van der Waals surface area contributed by atoms with Gasteiger partial charge in [0.25, 0.3) is 0 Å². The first-order valence-corrected chi connectivity index (χ1v) is 7.98. The van der Waals surface area contributed by atoms with Crippen LogP contribution in [0.25, 0.3) is 0 Å². The molecular formula is C12H15ClF3NO3S. The van der Waals surface area contributed by atoms with Crippen LogP contribution in [0, 0.1) is 0 Å². The standard InChI is InChI=1S/C12H15ClF3NO3S/c1-2-20-7-3-6-17-21(18,19)11-8-9(12(14,15)16)4-5-10(11)13/h4-5,8,17H,2-3,6-7H2,1H3. The molecule has 0 fully saturated rings. The fourth-order valence-corrected chi connectivity index (χ4v) is 3.09. The minimum atomic E-state index is -4.64. The highest BCUT2D eigenvalue weighted by Gasteiger charge is 2.32. The third kappa shape index (κ3) is 5.46. The number of hydrogen-bond acceptors (Lipinski definition) is 3. The fraction of sp³-hybridized carbons (Fsp3) is 0.500. The maximum Gasteiger partial charge on any atom is 0.416 e. The summed E-state index contributed by atoms with van der Waals surface area (Å²) in [5, 5.41) is -0.264. The lowest BCUT2D eigenvalue weighted by atomic mass is 10.2. The molecule has 0 saturated carbocycles. The predicted octanol–water partition coefficient (Wildman–Crippen LogP) is 3.06. The average molecular weight is 346 g/mol. The number of benzene rings is 1. The Hall–Kier alpha value is -0.830. The molecule has 0 aliphatic rings. The Morgan fingerprint density at radius 2 is 2.00 bits per heavy atom. The molecule has 0 aromatic heterocycles. The van der Waals surface area contributed by atoms with Crippen LogP contribution in [0.1, 0.15) is 18.9 Å².